The lowest BCUT2D eigenvalue weighted by molar-refractivity contribution is 0.603. The van der Waals surface area contributed by atoms with E-state index in [1.165, 1.54) is 17.5 Å². The Balaban J connectivity index is 1.96. The van der Waals surface area contributed by atoms with Crippen LogP contribution in [-0.2, 0) is 10.0 Å². The summed E-state index contributed by atoms with van der Waals surface area (Å²) < 4.78 is 27.6. The third-order valence-corrected chi connectivity index (χ3v) is 6.51. The number of thiazole rings is 2. The molecule has 1 aromatic carbocycles. The molecule has 10 heteroatoms. The van der Waals surface area contributed by atoms with Gasteiger partial charge in [-0.15, -0.1) is 0 Å². The molecule has 3 aromatic rings. The van der Waals surface area contributed by atoms with E-state index in [2.05, 4.69) is 14.7 Å². The van der Waals surface area contributed by atoms with E-state index >= 15 is 0 Å². The average Bonchev–Trinajstić information content (AvgIpc) is 2.94. The summed E-state index contributed by atoms with van der Waals surface area (Å²) in [5.41, 5.74) is 0.680. The van der Waals surface area contributed by atoms with Gasteiger partial charge in [-0.3, -0.25) is 4.72 Å². The summed E-state index contributed by atoms with van der Waals surface area (Å²) >= 11 is 13.6. The van der Waals surface area contributed by atoms with Crippen molar-refractivity contribution in [3.8, 4) is 0 Å². The standard InChI is InChI=1S/C10H5Cl2N3O2S3/c11-5-1-2-6-7(3-5)18-10(14-6)15-20(16,17)8-4-13-9(12)19-8/h1-4H,(H,14,15). The molecule has 2 aromatic heterocycles. The van der Waals surface area contributed by atoms with E-state index in [0.29, 0.717) is 10.5 Å². The second kappa shape index (κ2) is 5.12. The number of nitrogens with zero attached hydrogens (tertiary/aromatic N) is 2. The predicted octanol–water partition coefficient (Wildman–Crippen LogP) is 3.86. The molecule has 0 aliphatic carbocycles. The number of sulfonamides is 1. The van der Waals surface area contributed by atoms with Crippen molar-refractivity contribution >= 4 is 71.2 Å². The maximum Gasteiger partial charge on any atom is 0.274 e. The number of hydrogen-bond acceptors (Lipinski definition) is 6. The van der Waals surface area contributed by atoms with Crippen LogP contribution in [0.1, 0.15) is 0 Å². The van der Waals surface area contributed by atoms with Crippen molar-refractivity contribution in [1.82, 2.24) is 9.97 Å². The SMILES string of the molecule is O=S(=O)(Nc1nc2ccc(Cl)cc2s1)c1cnc(Cl)s1. The van der Waals surface area contributed by atoms with Crippen LogP contribution in [-0.4, -0.2) is 18.4 Å². The monoisotopic (exact) mass is 365 g/mol. The summed E-state index contributed by atoms with van der Waals surface area (Å²) in [4.78, 5) is 7.90. The fraction of sp³-hybridized carbons (Fsp3) is 0. The Kier molecular flexibility index (Phi) is 3.59. The van der Waals surface area contributed by atoms with Crippen molar-refractivity contribution in [2.24, 2.45) is 0 Å². The zero-order valence-corrected chi connectivity index (χ0v) is 13.5. The first-order chi connectivity index (χ1) is 9.44. The lowest BCUT2D eigenvalue weighted by Crippen LogP contribution is -2.11. The first-order valence-corrected chi connectivity index (χ1v) is 9.01. The molecule has 0 saturated heterocycles. The van der Waals surface area contributed by atoms with E-state index in [9.17, 15) is 8.42 Å². The minimum absolute atomic E-state index is 0.0415. The number of anilines is 1. The van der Waals surface area contributed by atoms with Crippen LogP contribution in [0.4, 0.5) is 5.13 Å². The molecule has 3 rings (SSSR count). The number of aromatic nitrogens is 2. The average molecular weight is 366 g/mol. The van der Waals surface area contributed by atoms with Crippen molar-refractivity contribution in [2.45, 2.75) is 4.21 Å². The molecule has 0 aliphatic rings. The molecule has 104 valence electrons. The highest BCUT2D eigenvalue weighted by atomic mass is 35.5. The summed E-state index contributed by atoms with van der Waals surface area (Å²) in [5.74, 6) is 0. The Morgan fingerprint density at radius 1 is 1.20 bits per heavy atom. The smallest absolute Gasteiger partial charge is 0.254 e. The van der Waals surface area contributed by atoms with Gasteiger partial charge in [0, 0.05) is 5.02 Å². The number of fused-ring (bicyclic) bond motifs is 1. The van der Waals surface area contributed by atoms with Crippen LogP contribution in [0.3, 0.4) is 0 Å². The highest BCUT2D eigenvalue weighted by Crippen LogP contribution is 2.31. The molecule has 1 N–H and O–H groups in total. The van der Waals surface area contributed by atoms with Gasteiger partial charge in [0.2, 0.25) is 0 Å². The molecule has 0 unspecified atom stereocenters. The van der Waals surface area contributed by atoms with Crippen LogP contribution in [0, 0.1) is 0 Å². The lowest BCUT2D eigenvalue weighted by atomic mass is 10.3. The van der Waals surface area contributed by atoms with Crippen LogP contribution >= 0.6 is 45.9 Å². The quantitative estimate of drug-likeness (QED) is 0.764. The van der Waals surface area contributed by atoms with Crippen molar-refractivity contribution in [3.63, 3.8) is 0 Å². The van der Waals surface area contributed by atoms with E-state index in [-0.39, 0.29) is 13.8 Å². The minimum Gasteiger partial charge on any atom is -0.254 e. The molecule has 0 saturated carbocycles. The van der Waals surface area contributed by atoms with Gasteiger partial charge in [0.05, 0.1) is 16.4 Å². The van der Waals surface area contributed by atoms with Gasteiger partial charge in [-0.05, 0) is 18.2 Å². The zero-order chi connectivity index (χ0) is 14.3. The number of rotatable bonds is 3. The molecule has 20 heavy (non-hydrogen) atoms. The minimum atomic E-state index is -3.71. The lowest BCUT2D eigenvalue weighted by Gasteiger charge is -2.00. The first kappa shape index (κ1) is 14.0. The molecule has 0 aliphatic heterocycles. The van der Waals surface area contributed by atoms with E-state index in [4.69, 9.17) is 23.2 Å². The van der Waals surface area contributed by atoms with Crippen LogP contribution in [0.2, 0.25) is 9.49 Å². The zero-order valence-electron chi connectivity index (χ0n) is 9.50. The van der Waals surface area contributed by atoms with E-state index in [1.807, 2.05) is 0 Å². The van der Waals surface area contributed by atoms with Gasteiger partial charge >= 0.3 is 0 Å². The molecule has 0 bridgehead atoms. The predicted molar refractivity (Wildman–Crippen MR) is 82.6 cm³/mol. The van der Waals surface area contributed by atoms with Crippen molar-refractivity contribution < 1.29 is 8.42 Å². The topological polar surface area (TPSA) is 72.0 Å². The number of benzene rings is 1. The molecule has 0 spiro atoms. The van der Waals surface area contributed by atoms with Crippen molar-refractivity contribution in [2.75, 3.05) is 4.72 Å². The molecule has 0 radical (unpaired) electrons. The molecule has 5 nitrogen and oxygen atoms in total. The summed E-state index contributed by atoms with van der Waals surface area (Å²) in [5, 5.41) is 0.844. The molecule has 2 heterocycles. The highest BCUT2D eigenvalue weighted by Gasteiger charge is 2.19. The molecular weight excluding hydrogens is 361 g/mol. The fourth-order valence-corrected chi connectivity index (χ4v) is 5.14. The highest BCUT2D eigenvalue weighted by molar-refractivity contribution is 7.94. The summed E-state index contributed by atoms with van der Waals surface area (Å²) in [6.07, 6.45) is 1.21. The Morgan fingerprint density at radius 3 is 2.70 bits per heavy atom. The van der Waals surface area contributed by atoms with Gasteiger partial charge in [-0.1, -0.05) is 45.9 Å². The first-order valence-electron chi connectivity index (χ1n) is 5.14. The normalized spacial score (nSPS) is 11.9. The number of hydrogen-bond donors (Lipinski definition) is 1. The third kappa shape index (κ3) is 2.75. The largest absolute Gasteiger partial charge is 0.274 e. The fourth-order valence-electron chi connectivity index (χ4n) is 1.47. The Labute approximate surface area is 132 Å². The van der Waals surface area contributed by atoms with Crippen LogP contribution in [0.15, 0.2) is 28.6 Å². The molecule has 0 atom stereocenters. The maximum absolute atomic E-state index is 12.1. The van der Waals surface area contributed by atoms with E-state index in [0.717, 1.165) is 16.0 Å². The van der Waals surface area contributed by atoms with Gasteiger partial charge in [0.1, 0.15) is 0 Å². The summed E-state index contributed by atoms with van der Waals surface area (Å²) in [6.45, 7) is 0. The second-order valence-corrected chi connectivity index (χ2v) is 8.66. The summed E-state index contributed by atoms with van der Waals surface area (Å²) in [6, 6.07) is 5.16. The Bertz CT molecular complexity index is 888. The molecular formula is C10H5Cl2N3O2S3. The van der Waals surface area contributed by atoms with E-state index in [1.54, 1.807) is 18.2 Å². The van der Waals surface area contributed by atoms with Gasteiger partial charge < -0.3 is 0 Å². The van der Waals surface area contributed by atoms with E-state index < -0.39 is 10.0 Å². The molecule has 0 fully saturated rings. The number of nitrogens with one attached hydrogen (secondary N) is 1. The second-order valence-electron chi connectivity index (χ2n) is 3.67. The maximum atomic E-state index is 12.1. The number of halogens is 2. The van der Waals surface area contributed by atoms with Crippen LogP contribution in [0.25, 0.3) is 10.2 Å². The van der Waals surface area contributed by atoms with Gasteiger partial charge in [0.25, 0.3) is 10.0 Å². The molecule has 0 amide bonds. The summed E-state index contributed by atoms with van der Waals surface area (Å²) in [7, 11) is -3.71. The third-order valence-electron chi connectivity index (χ3n) is 2.29. The Morgan fingerprint density at radius 2 is 2.00 bits per heavy atom. The Hall–Kier alpha value is -0.930. The van der Waals surface area contributed by atoms with Crippen LogP contribution in [0.5, 0.6) is 0 Å². The van der Waals surface area contributed by atoms with Gasteiger partial charge in [0.15, 0.2) is 13.8 Å². The van der Waals surface area contributed by atoms with Crippen molar-refractivity contribution in [3.05, 3.63) is 33.9 Å². The van der Waals surface area contributed by atoms with Gasteiger partial charge in [-0.25, -0.2) is 18.4 Å². The van der Waals surface area contributed by atoms with Crippen molar-refractivity contribution in [1.29, 1.82) is 0 Å². The van der Waals surface area contributed by atoms with Crippen LogP contribution < -0.4 is 4.72 Å². The van der Waals surface area contributed by atoms with Gasteiger partial charge in [-0.2, -0.15) is 0 Å².